The third-order valence-electron chi connectivity index (χ3n) is 6.00. The lowest BCUT2D eigenvalue weighted by Crippen LogP contribution is -2.55. The second-order valence-corrected chi connectivity index (χ2v) is 10.5. The Morgan fingerprint density at radius 3 is 2.16 bits per heavy atom. The maximum absolute atomic E-state index is 13.8. The minimum Gasteiger partial charge on any atom is -0.490 e. The van der Waals surface area contributed by atoms with Crippen LogP contribution in [0.2, 0.25) is 0 Å². The first-order valence-electron chi connectivity index (χ1n) is 12.9. The van der Waals surface area contributed by atoms with Gasteiger partial charge in [-0.3, -0.25) is 19.3 Å². The van der Waals surface area contributed by atoms with Crippen LogP contribution in [0, 0.1) is 11.8 Å². The number of benzene rings is 1. The quantitative estimate of drug-likeness (QED) is 0.229. The van der Waals surface area contributed by atoms with Gasteiger partial charge >= 0.3 is 5.97 Å². The van der Waals surface area contributed by atoms with Crippen LogP contribution in [0.15, 0.2) is 41.5 Å². The number of nitrogens with zero attached hydrogens (tertiary/aromatic N) is 1. The normalized spacial score (nSPS) is 15.2. The molecule has 0 saturated heterocycles. The summed E-state index contributed by atoms with van der Waals surface area (Å²) in [6.07, 6.45) is 2.49. The van der Waals surface area contributed by atoms with Crippen molar-refractivity contribution in [2.75, 3.05) is 20.3 Å². The van der Waals surface area contributed by atoms with Crippen molar-refractivity contribution in [1.82, 2.24) is 10.2 Å². The van der Waals surface area contributed by atoms with E-state index in [1.165, 1.54) is 0 Å². The zero-order chi connectivity index (χ0) is 28.6. The van der Waals surface area contributed by atoms with E-state index < -0.39 is 42.4 Å². The smallest absolute Gasteiger partial charge is 0.330 e. The van der Waals surface area contributed by atoms with Gasteiger partial charge in [0, 0.05) is 5.57 Å². The molecule has 2 rings (SSSR count). The number of methoxy groups -OCH3 is 1. The minimum absolute atomic E-state index is 0.0492. The highest BCUT2D eigenvalue weighted by Crippen LogP contribution is 2.36. The zero-order valence-electron chi connectivity index (χ0n) is 23.4. The SMILES string of the molecule is COC(=O)C(CO)NC(=O)C(CC(C)C)N1C(=O)C(CC(C)C)=C(c2ccc(OCC=C(C)C)cc2)C1=O. The van der Waals surface area contributed by atoms with Gasteiger partial charge in [-0.1, -0.05) is 45.4 Å². The fraction of sp³-hybridized carbons (Fsp3) is 0.517. The summed E-state index contributed by atoms with van der Waals surface area (Å²) in [5.74, 6) is -1.97. The number of rotatable bonds is 13. The highest BCUT2D eigenvalue weighted by Gasteiger charge is 2.45. The summed E-state index contributed by atoms with van der Waals surface area (Å²) < 4.78 is 10.3. The highest BCUT2D eigenvalue weighted by atomic mass is 16.5. The standard InChI is InChI=1S/C29H40N2O7/c1-17(2)12-13-38-21-10-8-20(9-11-21)25-22(14-18(3)4)27(34)31(28(25)35)24(15-19(5)6)26(33)30-23(16-32)29(36)37-7/h8-12,18-19,23-24,32H,13-16H2,1-7H3,(H,30,33). The molecule has 0 aliphatic carbocycles. The van der Waals surface area contributed by atoms with Crippen LogP contribution in [-0.2, 0) is 23.9 Å². The number of carbonyl (C=O) groups excluding carboxylic acids is 4. The number of amides is 3. The molecule has 1 aliphatic heterocycles. The molecule has 1 heterocycles. The first-order valence-corrected chi connectivity index (χ1v) is 12.9. The van der Waals surface area contributed by atoms with E-state index in [-0.39, 0.29) is 23.8 Å². The molecule has 38 heavy (non-hydrogen) atoms. The predicted molar refractivity (Wildman–Crippen MR) is 144 cm³/mol. The van der Waals surface area contributed by atoms with Crippen LogP contribution in [0.25, 0.3) is 5.57 Å². The molecule has 9 heteroatoms. The van der Waals surface area contributed by atoms with E-state index in [1.54, 1.807) is 24.3 Å². The fourth-order valence-electron chi connectivity index (χ4n) is 4.16. The fourth-order valence-corrected chi connectivity index (χ4v) is 4.16. The van der Waals surface area contributed by atoms with Crippen LogP contribution >= 0.6 is 0 Å². The lowest BCUT2D eigenvalue weighted by Gasteiger charge is -2.28. The molecule has 208 valence electrons. The number of ether oxygens (including phenoxy) is 2. The number of aliphatic hydroxyl groups is 1. The number of allylic oxidation sites excluding steroid dienone is 1. The molecule has 3 amide bonds. The van der Waals surface area contributed by atoms with Crippen LogP contribution in [-0.4, -0.2) is 66.1 Å². The van der Waals surface area contributed by atoms with Gasteiger partial charge in [-0.05, 0) is 62.3 Å². The average molecular weight is 529 g/mol. The zero-order valence-corrected chi connectivity index (χ0v) is 23.4. The number of carbonyl (C=O) groups is 4. The van der Waals surface area contributed by atoms with E-state index in [2.05, 4.69) is 10.1 Å². The van der Waals surface area contributed by atoms with Gasteiger partial charge in [0.25, 0.3) is 11.8 Å². The molecule has 1 aliphatic rings. The Bertz CT molecular complexity index is 1080. The molecule has 2 atom stereocenters. The summed E-state index contributed by atoms with van der Waals surface area (Å²) in [7, 11) is 1.14. The largest absolute Gasteiger partial charge is 0.490 e. The third kappa shape index (κ3) is 7.77. The van der Waals surface area contributed by atoms with Gasteiger partial charge < -0.3 is 19.9 Å². The Balaban J connectivity index is 2.44. The van der Waals surface area contributed by atoms with E-state index in [0.717, 1.165) is 17.6 Å². The van der Waals surface area contributed by atoms with Gasteiger partial charge in [-0.2, -0.15) is 0 Å². The second-order valence-electron chi connectivity index (χ2n) is 10.5. The van der Waals surface area contributed by atoms with E-state index in [1.807, 2.05) is 47.6 Å². The topological polar surface area (TPSA) is 122 Å². The van der Waals surface area contributed by atoms with Crippen LogP contribution in [0.4, 0.5) is 0 Å². The molecule has 2 unspecified atom stereocenters. The summed E-state index contributed by atoms with van der Waals surface area (Å²) in [6, 6.07) is 4.48. The van der Waals surface area contributed by atoms with Gasteiger partial charge in [0.05, 0.1) is 19.3 Å². The van der Waals surface area contributed by atoms with Gasteiger partial charge in [-0.25, -0.2) is 4.79 Å². The first kappa shape index (κ1) is 30.8. The Hall–Kier alpha value is -3.46. The molecule has 0 saturated carbocycles. The predicted octanol–water partition coefficient (Wildman–Crippen LogP) is 3.26. The Kier molecular flexibility index (Phi) is 11.3. The molecule has 1 aromatic carbocycles. The van der Waals surface area contributed by atoms with E-state index in [4.69, 9.17) is 4.74 Å². The van der Waals surface area contributed by atoms with Crippen molar-refractivity contribution in [3.8, 4) is 5.75 Å². The Labute approximate surface area is 224 Å². The molecular weight excluding hydrogens is 488 g/mol. The van der Waals surface area contributed by atoms with E-state index in [9.17, 15) is 24.3 Å². The van der Waals surface area contributed by atoms with Crippen molar-refractivity contribution in [3.63, 3.8) is 0 Å². The lowest BCUT2D eigenvalue weighted by molar-refractivity contribution is -0.149. The molecule has 0 spiro atoms. The molecule has 0 fully saturated rings. The third-order valence-corrected chi connectivity index (χ3v) is 6.00. The van der Waals surface area contributed by atoms with Crippen LogP contribution < -0.4 is 10.1 Å². The Morgan fingerprint density at radius 1 is 1.03 bits per heavy atom. The molecule has 0 bridgehead atoms. The minimum atomic E-state index is -1.31. The van der Waals surface area contributed by atoms with Gasteiger partial charge in [0.1, 0.15) is 18.4 Å². The molecule has 2 N–H and O–H groups in total. The van der Waals surface area contributed by atoms with Crippen molar-refractivity contribution >= 4 is 29.3 Å². The average Bonchev–Trinajstić information content (AvgIpc) is 3.08. The van der Waals surface area contributed by atoms with E-state index in [0.29, 0.717) is 29.9 Å². The summed E-state index contributed by atoms with van der Waals surface area (Å²) in [4.78, 5) is 53.7. The molecule has 0 radical (unpaired) electrons. The number of nitrogens with one attached hydrogen (secondary N) is 1. The van der Waals surface area contributed by atoms with Crippen LogP contribution in [0.3, 0.4) is 0 Å². The Morgan fingerprint density at radius 2 is 1.66 bits per heavy atom. The second kappa shape index (κ2) is 13.9. The number of esters is 1. The van der Waals surface area contributed by atoms with E-state index >= 15 is 0 Å². The first-order chi connectivity index (χ1) is 17.9. The number of imide groups is 1. The lowest BCUT2D eigenvalue weighted by atomic mass is 9.95. The number of aliphatic hydroxyl groups excluding tert-OH is 1. The van der Waals surface area contributed by atoms with Crippen LogP contribution in [0.1, 0.15) is 59.9 Å². The maximum Gasteiger partial charge on any atom is 0.330 e. The summed E-state index contributed by atoms with van der Waals surface area (Å²) in [6.45, 7) is 11.3. The maximum atomic E-state index is 13.8. The molecule has 1 aromatic rings. The van der Waals surface area contributed by atoms with Crippen molar-refractivity contribution < 1.29 is 33.8 Å². The van der Waals surface area contributed by atoms with Crippen molar-refractivity contribution in [2.45, 2.75) is 66.5 Å². The van der Waals surface area contributed by atoms with Crippen LogP contribution in [0.5, 0.6) is 5.75 Å². The molecule has 0 aromatic heterocycles. The summed E-state index contributed by atoms with van der Waals surface area (Å²) >= 11 is 0. The highest BCUT2D eigenvalue weighted by molar-refractivity contribution is 6.36. The van der Waals surface area contributed by atoms with Crippen molar-refractivity contribution in [3.05, 3.63) is 47.1 Å². The van der Waals surface area contributed by atoms with Gasteiger partial charge in [0.2, 0.25) is 5.91 Å². The number of hydrogen-bond donors (Lipinski definition) is 2. The summed E-state index contributed by atoms with van der Waals surface area (Å²) in [5, 5.41) is 12.0. The van der Waals surface area contributed by atoms with Gasteiger partial charge in [0.15, 0.2) is 6.04 Å². The van der Waals surface area contributed by atoms with Crippen molar-refractivity contribution in [1.29, 1.82) is 0 Å². The molecular formula is C29H40N2O7. The van der Waals surface area contributed by atoms with Crippen molar-refractivity contribution in [2.24, 2.45) is 11.8 Å². The van der Waals surface area contributed by atoms with Gasteiger partial charge in [-0.15, -0.1) is 0 Å². The summed E-state index contributed by atoms with van der Waals surface area (Å²) in [5.41, 5.74) is 2.30. The number of hydrogen-bond acceptors (Lipinski definition) is 7. The molecule has 9 nitrogen and oxygen atoms in total. The monoisotopic (exact) mass is 528 g/mol.